The topological polar surface area (TPSA) is 67.9 Å². The van der Waals surface area contributed by atoms with Gasteiger partial charge in [0.25, 0.3) is 5.91 Å². The zero-order valence-electron chi connectivity index (χ0n) is 18.0. The maximum Gasteiger partial charge on any atom is 0.262 e. The minimum atomic E-state index is -0.265. The molecule has 1 atom stereocenters. The average molecular weight is 483 g/mol. The number of benzene rings is 3. The molecular weight excluding hydrogens is 460 g/mol. The van der Waals surface area contributed by atoms with Crippen molar-refractivity contribution in [3.63, 3.8) is 0 Å². The Morgan fingerprint density at radius 1 is 1.06 bits per heavy atom. The molecule has 8 heteroatoms. The monoisotopic (exact) mass is 482 g/mol. The van der Waals surface area contributed by atoms with Gasteiger partial charge in [-0.15, -0.1) is 11.8 Å². The van der Waals surface area contributed by atoms with E-state index in [4.69, 9.17) is 21.1 Å². The van der Waals surface area contributed by atoms with Crippen LogP contribution in [-0.4, -0.2) is 30.8 Å². The molecule has 3 aromatic rings. The van der Waals surface area contributed by atoms with Crippen LogP contribution in [0.25, 0.3) is 0 Å². The Balaban J connectivity index is 1.50. The van der Waals surface area contributed by atoms with Crippen molar-refractivity contribution in [2.24, 2.45) is 0 Å². The van der Waals surface area contributed by atoms with Crippen molar-refractivity contribution in [3.05, 3.63) is 83.4 Å². The molecule has 0 aromatic heterocycles. The van der Waals surface area contributed by atoms with Gasteiger partial charge in [-0.3, -0.25) is 14.5 Å². The first-order chi connectivity index (χ1) is 16.0. The van der Waals surface area contributed by atoms with Gasteiger partial charge in [-0.25, -0.2) is 0 Å². The molecule has 2 amide bonds. The van der Waals surface area contributed by atoms with E-state index in [1.807, 2.05) is 61.5 Å². The molecule has 0 saturated carbocycles. The van der Waals surface area contributed by atoms with Crippen LogP contribution < -0.4 is 19.7 Å². The Bertz CT molecular complexity index is 1130. The van der Waals surface area contributed by atoms with Crippen LogP contribution in [0.3, 0.4) is 0 Å². The lowest BCUT2D eigenvalue weighted by atomic mass is 10.1. The van der Waals surface area contributed by atoms with Gasteiger partial charge in [0.2, 0.25) is 5.91 Å². The highest BCUT2D eigenvalue weighted by Crippen LogP contribution is 2.44. The molecular formula is C25H23ClN2O4S. The van der Waals surface area contributed by atoms with Crippen LogP contribution in [0.5, 0.6) is 11.5 Å². The maximum atomic E-state index is 12.6. The van der Waals surface area contributed by atoms with E-state index in [-0.39, 0.29) is 23.8 Å². The van der Waals surface area contributed by atoms with Gasteiger partial charge in [0, 0.05) is 16.4 Å². The van der Waals surface area contributed by atoms with Crippen molar-refractivity contribution in [2.75, 3.05) is 29.2 Å². The minimum Gasteiger partial charge on any atom is -0.490 e. The number of amides is 2. The number of nitrogens with one attached hydrogen (secondary N) is 1. The van der Waals surface area contributed by atoms with Crippen LogP contribution in [0.2, 0.25) is 5.02 Å². The van der Waals surface area contributed by atoms with Gasteiger partial charge in [0.1, 0.15) is 5.37 Å². The summed E-state index contributed by atoms with van der Waals surface area (Å²) in [5.41, 5.74) is 2.40. The molecule has 1 saturated heterocycles. The highest BCUT2D eigenvalue weighted by molar-refractivity contribution is 8.00. The van der Waals surface area contributed by atoms with Crippen molar-refractivity contribution in [3.8, 4) is 11.5 Å². The lowest BCUT2D eigenvalue weighted by Gasteiger charge is -2.25. The number of hydrogen-bond donors (Lipinski definition) is 1. The van der Waals surface area contributed by atoms with Gasteiger partial charge in [-0.05, 0) is 61.0 Å². The predicted octanol–water partition coefficient (Wildman–Crippen LogP) is 5.53. The van der Waals surface area contributed by atoms with Crippen LogP contribution in [0.4, 0.5) is 11.4 Å². The fourth-order valence-electron chi connectivity index (χ4n) is 3.48. The molecule has 33 heavy (non-hydrogen) atoms. The molecule has 3 aromatic carbocycles. The van der Waals surface area contributed by atoms with Gasteiger partial charge in [0.05, 0.1) is 12.4 Å². The Morgan fingerprint density at radius 3 is 2.55 bits per heavy atom. The molecule has 1 N–H and O–H groups in total. The first-order valence-corrected chi connectivity index (χ1v) is 11.9. The van der Waals surface area contributed by atoms with E-state index in [9.17, 15) is 9.59 Å². The molecule has 0 unspecified atom stereocenters. The molecule has 170 valence electrons. The molecule has 0 bridgehead atoms. The second-order valence-electron chi connectivity index (χ2n) is 7.25. The summed E-state index contributed by atoms with van der Waals surface area (Å²) in [4.78, 5) is 26.6. The molecule has 4 rings (SSSR count). The van der Waals surface area contributed by atoms with E-state index < -0.39 is 0 Å². The summed E-state index contributed by atoms with van der Waals surface area (Å²) in [6.45, 7) is 2.17. The van der Waals surface area contributed by atoms with Crippen molar-refractivity contribution >= 4 is 46.6 Å². The normalized spacial score (nSPS) is 15.4. The second kappa shape index (κ2) is 10.6. The SMILES string of the molecule is CCOc1cc([C@H]2SCC(=O)N2c2ccc(Cl)cc2)ccc1OCC(=O)Nc1ccccc1. The molecule has 1 heterocycles. The van der Waals surface area contributed by atoms with Gasteiger partial charge in [-0.2, -0.15) is 0 Å². The van der Waals surface area contributed by atoms with Crippen LogP contribution in [0.15, 0.2) is 72.8 Å². The number of anilines is 2. The zero-order valence-corrected chi connectivity index (χ0v) is 19.6. The fraction of sp³-hybridized carbons (Fsp3) is 0.200. The van der Waals surface area contributed by atoms with Gasteiger partial charge >= 0.3 is 0 Å². The average Bonchev–Trinajstić information content (AvgIpc) is 3.21. The van der Waals surface area contributed by atoms with Crippen LogP contribution >= 0.6 is 23.4 Å². The van der Waals surface area contributed by atoms with E-state index in [0.717, 1.165) is 11.3 Å². The Hall–Kier alpha value is -3.16. The van der Waals surface area contributed by atoms with Gasteiger partial charge in [-0.1, -0.05) is 35.9 Å². The van der Waals surface area contributed by atoms with Gasteiger partial charge < -0.3 is 14.8 Å². The van der Waals surface area contributed by atoms with Crippen molar-refractivity contribution in [2.45, 2.75) is 12.3 Å². The summed E-state index contributed by atoms with van der Waals surface area (Å²) < 4.78 is 11.5. The first kappa shape index (κ1) is 23.0. The third-order valence-corrected chi connectivity index (χ3v) is 6.41. The van der Waals surface area contributed by atoms with Crippen molar-refractivity contribution in [1.82, 2.24) is 0 Å². The summed E-state index contributed by atoms with van der Waals surface area (Å²) in [6.07, 6.45) is 0. The second-order valence-corrected chi connectivity index (χ2v) is 8.75. The molecule has 0 aliphatic carbocycles. The third-order valence-electron chi connectivity index (χ3n) is 4.94. The lowest BCUT2D eigenvalue weighted by molar-refractivity contribution is -0.118. The number of hydrogen-bond acceptors (Lipinski definition) is 5. The molecule has 0 radical (unpaired) electrons. The van der Waals surface area contributed by atoms with Crippen molar-refractivity contribution < 1.29 is 19.1 Å². The van der Waals surface area contributed by atoms with E-state index >= 15 is 0 Å². The summed E-state index contributed by atoms with van der Waals surface area (Å²) in [6, 6.07) is 22.0. The van der Waals surface area contributed by atoms with E-state index in [1.54, 1.807) is 34.9 Å². The number of para-hydroxylation sites is 1. The van der Waals surface area contributed by atoms with Crippen molar-refractivity contribution in [1.29, 1.82) is 0 Å². The Labute approximate surface area is 201 Å². The number of halogens is 1. The zero-order chi connectivity index (χ0) is 23.2. The summed E-state index contributed by atoms with van der Waals surface area (Å²) in [5, 5.41) is 3.21. The van der Waals surface area contributed by atoms with E-state index in [0.29, 0.717) is 34.6 Å². The standard InChI is InChI=1S/C25H23ClN2O4S/c1-2-31-22-14-17(25-28(24(30)16-33-25)20-11-9-18(26)10-12-20)8-13-21(22)32-15-23(29)27-19-6-4-3-5-7-19/h3-14,25H,2,15-16H2,1H3,(H,27,29)/t25-/m1/s1. The number of thioether (sulfide) groups is 1. The number of carbonyl (C=O) groups excluding carboxylic acids is 2. The lowest BCUT2D eigenvalue weighted by Crippen LogP contribution is -2.27. The smallest absolute Gasteiger partial charge is 0.262 e. The molecule has 1 fully saturated rings. The highest BCUT2D eigenvalue weighted by atomic mass is 35.5. The fourth-order valence-corrected chi connectivity index (χ4v) is 4.77. The van der Waals surface area contributed by atoms with Gasteiger partial charge in [0.15, 0.2) is 18.1 Å². The Morgan fingerprint density at radius 2 is 1.82 bits per heavy atom. The van der Waals surface area contributed by atoms with E-state index in [1.165, 1.54) is 0 Å². The number of ether oxygens (including phenoxy) is 2. The summed E-state index contributed by atoms with van der Waals surface area (Å²) in [5.74, 6) is 1.14. The van der Waals surface area contributed by atoms with Crippen LogP contribution in [-0.2, 0) is 9.59 Å². The molecule has 1 aliphatic rings. The quantitative estimate of drug-likeness (QED) is 0.457. The summed E-state index contributed by atoms with van der Waals surface area (Å²) >= 11 is 7.56. The first-order valence-electron chi connectivity index (χ1n) is 10.5. The largest absolute Gasteiger partial charge is 0.490 e. The number of carbonyl (C=O) groups is 2. The van der Waals surface area contributed by atoms with E-state index in [2.05, 4.69) is 5.32 Å². The minimum absolute atomic E-state index is 0.0307. The van der Waals surface area contributed by atoms with Crippen LogP contribution in [0.1, 0.15) is 17.9 Å². The van der Waals surface area contributed by atoms with Crippen LogP contribution in [0, 0.1) is 0 Å². The highest BCUT2D eigenvalue weighted by Gasteiger charge is 2.34. The summed E-state index contributed by atoms with van der Waals surface area (Å²) in [7, 11) is 0. The maximum absolute atomic E-state index is 12.6. The molecule has 1 aliphatic heterocycles. The number of rotatable bonds is 8. The predicted molar refractivity (Wildman–Crippen MR) is 132 cm³/mol. The Kier molecular flexibility index (Phi) is 7.42. The molecule has 6 nitrogen and oxygen atoms in total. The molecule has 0 spiro atoms. The number of nitrogens with zero attached hydrogens (tertiary/aromatic N) is 1. The third kappa shape index (κ3) is 5.61.